The number of nitriles is 1. The fourth-order valence-electron chi connectivity index (χ4n) is 3.32. The largest absolute Gasteiger partial charge is 0.370 e. The van der Waals surface area contributed by atoms with Crippen LogP contribution in [0, 0.1) is 25.2 Å². The summed E-state index contributed by atoms with van der Waals surface area (Å²) in [7, 11) is -3.50. The Morgan fingerprint density at radius 2 is 1.85 bits per heavy atom. The minimum Gasteiger partial charge on any atom is -0.370 e. The monoisotopic (exact) mass is 370 g/mol. The first-order valence-electron chi connectivity index (χ1n) is 8.61. The molecule has 7 heteroatoms. The summed E-state index contributed by atoms with van der Waals surface area (Å²) in [6.07, 6.45) is 1.38. The number of hydrogen-bond donors (Lipinski definition) is 1. The van der Waals surface area contributed by atoms with Gasteiger partial charge < -0.3 is 4.90 Å². The van der Waals surface area contributed by atoms with E-state index in [4.69, 9.17) is 0 Å². The zero-order chi connectivity index (χ0) is 18.7. The summed E-state index contributed by atoms with van der Waals surface area (Å²) in [4.78, 5) is 6.79. The molecule has 1 aromatic heterocycles. The Morgan fingerprint density at radius 1 is 1.19 bits per heavy atom. The SMILES string of the molecule is Cc1cc(N2CCC(NS(=O)(=O)c3ccccc3)CC2)c(C#N)c(C)n1. The number of hydrogen-bond acceptors (Lipinski definition) is 5. The van der Waals surface area contributed by atoms with Gasteiger partial charge in [0.2, 0.25) is 10.0 Å². The number of piperidine rings is 1. The first kappa shape index (κ1) is 18.4. The Morgan fingerprint density at radius 3 is 2.46 bits per heavy atom. The van der Waals surface area contributed by atoms with Gasteiger partial charge in [-0.2, -0.15) is 5.26 Å². The molecule has 1 saturated heterocycles. The minimum atomic E-state index is -3.50. The Balaban J connectivity index is 1.70. The summed E-state index contributed by atoms with van der Waals surface area (Å²) < 4.78 is 27.7. The van der Waals surface area contributed by atoms with Crippen molar-refractivity contribution in [2.24, 2.45) is 0 Å². The van der Waals surface area contributed by atoms with E-state index in [9.17, 15) is 13.7 Å². The van der Waals surface area contributed by atoms with Crippen LogP contribution in [0.15, 0.2) is 41.3 Å². The molecule has 1 fully saturated rings. The molecule has 26 heavy (non-hydrogen) atoms. The first-order chi connectivity index (χ1) is 12.4. The summed E-state index contributed by atoms with van der Waals surface area (Å²) in [6, 6.07) is 12.5. The van der Waals surface area contributed by atoms with Crippen molar-refractivity contribution in [2.45, 2.75) is 37.6 Å². The molecular formula is C19H22N4O2S. The van der Waals surface area contributed by atoms with Gasteiger partial charge in [0.15, 0.2) is 0 Å². The molecule has 2 heterocycles. The van der Waals surface area contributed by atoms with Crippen molar-refractivity contribution in [1.82, 2.24) is 9.71 Å². The van der Waals surface area contributed by atoms with Crippen molar-refractivity contribution in [3.63, 3.8) is 0 Å². The normalized spacial score (nSPS) is 15.7. The molecule has 0 spiro atoms. The summed E-state index contributed by atoms with van der Waals surface area (Å²) in [5, 5.41) is 9.44. The lowest BCUT2D eigenvalue weighted by Gasteiger charge is -2.34. The number of pyridine rings is 1. The molecule has 0 unspecified atom stereocenters. The van der Waals surface area contributed by atoms with Crippen molar-refractivity contribution in [2.75, 3.05) is 18.0 Å². The van der Waals surface area contributed by atoms with Crippen LogP contribution in [0.3, 0.4) is 0 Å². The van der Waals surface area contributed by atoms with Gasteiger partial charge in [-0.05, 0) is 44.9 Å². The average molecular weight is 370 g/mol. The van der Waals surface area contributed by atoms with E-state index in [1.54, 1.807) is 30.3 Å². The maximum Gasteiger partial charge on any atom is 0.240 e. The molecule has 136 valence electrons. The molecule has 0 saturated carbocycles. The molecule has 1 N–H and O–H groups in total. The van der Waals surface area contributed by atoms with Crippen LogP contribution in [-0.2, 0) is 10.0 Å². The lowest BCUT2D eigenvalue weighted by Crippen LogP contribution is -2.44. The highest BCUT2D eigenvalue weighted by atomic mass is 32.2. The fourth-order valence-corrected chi connectivity index (χ4v) is 4.65. The van der Waals surface area contributed by atoms with E-state index in [1.165, 1.54) is 0 Å². The Hall–Kier alpha value is -2.43. The molecule has 0 atom stereocenters. The molecule has 1 aliphatic rings. The summed E-state index contributed by atoms with van der Waals surface area (Å²) >= 11 is 0. The van der Waals surface area contributed by atoms with E-state index < -0.39 is 10.0 Å². The van der Waals surface area contributed by atoms with Gasteiger partial charge in [0.25, 0.3) is 0 Å². The topological polar surface area (TPSA) is 86.1 Å². The highest BCUT2D eigenvalue weighted by Gasteiger charge is 2.26. The van der Waals surface area contributed by atoms with Crippen molar-refractivity contribution < 1.29 is 8.42 Å². The maximum absolute atomic E-state index is 12.5. The molecular weight excluding hydrogens is 348 g/mol. The lowest BCUT2D eigenvalue weighted by atomic mass is 10.0. The molecule has 1 aliphatic heterocycles. The first-order valence-corrected chi connectivity index (χ1v) is 10.1. The standard InChI is InChI=1S/C19H22N4O2S/c1-14-12-19(18(13-20)15(2)21-14)23-10-8-16(9-11-23)22-26(24,25)17-6-4-3-5-7-17/h3-7,12,16,22H,8-11H2,1-2H3. The van der Waals surface area contributed by atoms with E-state index >= 15 is 0 Å². The highest BCUT2D eigenvalue weighted by molar-refractivity contribution is 7.89. The van der Waals surface area contributed by atoms with E-state index in [1.807, 2.05) is 19.9 Å². The number of nitrogens with zero attached hydrogens (tertiary/aromatic N) is 3. The number of aromatic nitrogens is 1. The number of aryl methyl sites for hydroxylation is 2. The Bertz CT molecular complexity index is 928. The number of anilines is 1. The van der Waals surface area contributed by atoms with Gasteiger partial charge in [0.05, 0.1) is 21.8 Å². The second-order valence-corrected chi connectivity index (χ2v) is 8.26. The highest BCUT2D eigenvalue weighted by Crippen LogP contribution is 2.26. The second-order valence-electron chi connectivity index (χ2n) is 6.55. The van der Waals surface area contributed by atoms with Crippen LogP contribution in [0.4, 0.5) is 5.69 Å². The van der Waals surface area contributed by atoms with Crippen molar-refractivity contribution in [3.05, 3.63) is 53.3 Å². The molecule has 1 aromatic carbocycles. The van der Waals surface area contributed by atoms with E-state index in [0.29, 0.717) is 31.5 Å². The Kier molecular flexibility index (Phi) is 5.25. The number of rotatable bonds is 4. The van der Waals surface area contributed by atoms with Crippen LogP contribution in [0.25, 0.3) is 0 Å². The third kappa shape index (κ3) is 3.87. The van der Waals surface area contributed by atoms with Crippen LogP contribution in [-0.4, -0.2) is 32.5 Å². The van der Waals surface area contributed by atoms with E-state index in [0.717, 1.165) is 17.1 Å². The molecule has 6 nitrogen and oxygen atoms in total. The van der Waals surface area contributed by atoms with Crippen LogP contribution >= 0.6 is 0 Å². The molecule has 3 rings (SSSR count). The third-order valence-electron chi connectivity index (χ3n) is 4.63. The predicted molar refractivity (Wildman–Crippen MR) is 100 cm³/mol. The summed E-state index contributed by atoms with van der Waals surface area (Å²) in [5.41, 5.74) is 3.10. The minimum absolute atomic E-state index is 0.106. The van der Waals surface area contributed by atoms with Crippen LogP contribution in [0.2, 0.25) is 0 Å². The van der Waals surface area contributed by atoms with Gasteiger partial charge in [-0.3, -0.25) is 4.98 Å². The van der Waals surface area contributed by atoms with E-state index in [2.05, 4.69) is 20.7 Å². The smallest absolute Gasteiger partial charge is 0.240 e. The number of benzene rings is 1. The van der Waals surface area contributed by atoms with Crippen LogP contribution in [0.5, 0.6) is 0 Å². The van der Waals surface area contributed by atoms with Crippen molar-refractivity contribution in [3.8, 4) is 6.07 Å². The molecule has 0 radical (unpaired) electrons. The number of nitrogens with one attached hydrogen (secondary N) is 1. The molecule has 0 bridgehead atoms. The zero-order valence-corrected chi connectivity index (χ0v) is 15.8. The van der Waals surface area contributed by atoms with Gasteiger partial charge in [-0.15, -0.1) is 0 Å². The summed E-state index contributed by atoms with van der Waals surface area (Å²) in [6.45, 7) is 5.15. The zero-order valence-electron chi connectivity index (χ0n) is 14.9. The van der Waals surface area contributed by atoms with Gasteiger partial charge in [-0.25, -0.2) is 13.1 Å². The molecule has 0 aliphatic carbocycles. The van der Waals surface area contributed by atoms with Crippen molar-refractivity contribution in [1.29, 1.82) is 5.26 Å². The number of sulfonamides is 1. The predicted octanol–water partition coefficient (Wildman–Crippen LogP) is 2.52. The van der Waals surface area contributed by atoms with Gasteiger partial charge in [-0.1, -0.05) is 18.2 Å². The fraction of sp³-hybridized carbons (Fsp3) is 0.368. The van der Waals surface area contributed by atoms with Crippen molar-refractivity contribution >= 4 is 15.7 Å². The van der Waals surface area contributed by atoms with Gasteiger partial charge >= 0.3 is 0 Å². The lowest BCUT2D eigenvalue weighted by molar-refractivity contribution is 0.460. The second kappa shape index (κ2) is 7.44. The Labute approximate surface area is 154 Å². The van der Waals surface area contributed by atoms with E-state index in [-0.39, 0.29) is 10.9 Å². The molecule has 0 amide bonds. The average Bonchev–Trinajstić information content (AvgIpc) is 2.62. The maximum atomic E-state index is 12.5. The van der Waals surface area contributed by atoms with Crippen LogP contribution in [0.1, 0.15) is 29.8 Å². The quantitative estimate of drug-likeness (QED) is 0.894. The molecule has 2 aromatic rings. The van der Waals surface area contributed by atoms with Crippen LogP contribution < -0.4 is 9.62 Å². The third-order valence-corrected chi connectivity index (χ3v) is 6.17. The van der Waals surface area contributed by atoms with Gasteiger partial charge in [0, 0.05) is 24.8 Å². The van der Waals surface area contributed by atoms with Gasteiger partial charge in [0.1, 0.15) is 6.07 Å². The summed E-state index contributed by atoms with van der Waals surface area (Å²) in [5.74, 6) is 0.